The molecule has 0 unspecified atom stereocenters. The first-order chi connectivity index (χ1) is 5.47. The summed E-state index contributed by atoms with van der Waals surface area (Å²) in [5, 5.41) is 0. The van der Waals surface area contributed by atoms with Crippen LogP contribution in [0.3, 0.4) is 0 Å². The van der Waals surface area contributed by atoms with Crippen LogP contribution < -0.4 is 0 Å². The summed E-state index contributed by atoms with van der Waals surface area (Å²) >= 11 is 0. The number of rotatable bonds is 1. The Bertz CT molecular complexity index is 317. The molecule has 2 aromatic heterocycles. The normalized spacial score (nSPS) is 9.82. The van der Waals surface area contributed by atoms with Crippen LogP contribution in [-0.2, 0) is 0 Å². The highest BCUT2D eigenvalue weighted by molar-refractivity contribution is 5.54. The molecule has 4 heteroatoms. The molecule has 0 amide bonds. The second-order valence-corrected chi connectivity index (χ2v) is 1.95. The molecule has 2 rings (SSSR count). The topological polar surface area (TPSA) is 51.8 Å². The maximum Gasteiger partial charge on any atom is 0.197 e. The van der Waals surface area contributed by atoms with Gasteiger partial charge < -0.3 is 4.42 Å². The van der Waals surface area contributed by atoms with Gasteiger partial charge in [-0.05, 0) is 0 Å². The van der Waals surface area contributed by atoms with E-state index in [4.69, 9.17) is 4.42 Å². The molecule has 0 bridgehead atoms. The molecule has 1 radical (unpaired) electrons. The van der Waals surface area contributed by atoms with Crippen LogP contribution in [0, 0.1) is 6.33 Å². The van der Waals surface area contributed by atoms with Crippen LogP contribution in [0.2, 0.25) is 0 Å². The van der Waals surface area contributed by atoms with Gasteiger partial charge in [-0.2, -0.15) is 0 Å². The van der Waals surface area contributed by atoms with Crippen LogP contribution in [0.1, 0.15) is 0 Å². The van der Waals surface area contributed by atoms with E-state index in [2.05, 4.69) is 21.3 Å². The van der Waals surface area contributed by atoms with Crippen LogP contribution in [-0.4, -0.2) is 15.0 Å². The van der Waals surface area contributed by atoms with Gasteiger partial charge in [-0.3, -0.25) is 0 Å². The van der Waals surface area contributed by atoms with Gasteiger partial charge in [0.25, 0.3) is 0 Å². The molecule has 0 aliphatic carbocycles. The Kier molecular flexibility index (Phi) is 1.37. The first-order valence-electron chi connectivity index (χ1n) is 3.03. The van der Waals surface area contributed by atoms with Gasteiger partial charge in [-0.25, -0.2) is 15.0 Å². The molecule has 2 heterocycles. The van der Waals surface area contributed by atoms with E-state index in [1.54, 1.807) is 18.7 Å². The molecule has 0 saturated heterocycles. The van der Waals surface area contributed by atoms with Gasteiger partial charge in [0, 0.05) is 18.0 Å². The smallest absolute Gasteiger partial charge is 0.197 e. The molecular formula is C7H4N3O. The molecule has 2 aromatic rings. The van der Waals surface area contributed by atoms with E-state index in [0.29, 0.717) is 0 Å². The third-order valence-corrected chi connectivity index (χ3v) is 1.25. The molecule has 11 heavy (non-hydrogen) atoms. The average Bonchev–Trinajstić information content (AvgIpc) is 2.58. The highest BCUT2D eigenvalue weighted by Crippen LogP contribution is 2.12. The molecule has 0 fully saturated rings. The summed E-state index contributed by atoms with van der Waals surface area (Å²) in [6.45, 7) is 0. The summed E-state index contributed by atoms with van der Waals surface area (Å²) in [4.78, 5) is 11.4. The highest BCUT2D eigenvalue weighted by atomic mass is 16.3. The van der Waals surface area contributed by atoms with Gasteiger partial charge in [0.2, 0.25) is 0 Å². The quantitative estimate of drug-likeness (QED) is 0.600. The third-order valence-electron chi connectivity index (χ3n) is 1.25. The summed E-state index contributed by atoms with van der Waals surface area (Å²) in [7, 11) is 0. The summed E-state index contributed by atoms with van der Waals surface area (Å²) in [6, 6.07) is 0. The number of nitrogens with zero attached hydrogens (tertiary/aromatic N) is 3. The number of hydrogen-bond acceptors (Lipinski definition) is 4. The van der Waals surface area contributed by atoms with E-state index in [0.717, 1.165) is 11.3 Å². The first kappa shape index (κ1) is 6.03. The molecule has 0 aliphatic rings. The fourth-order valence-electron chi connectivity index (χ4n) is 0.751. The molecule has 53 valence electrons. The standard InChI is InChI=1S/C7H4N3O/c1-6(2-9-4-8-1)7-3-11-5-10-7/h1-3,5H. The third kappa shape index (κ3) is 1.10. The highest BCUT2D eigenvalue weighted by Gasteiger charge is 1.98. The van der Waals surface area contributed by atoms with Crippen molar-refractivity contribution in [3.63, 3.8) is 0 Å². The Labute approximate surface area is 62.9 Å². The van der Waals surface area contributed by atoms with E-state index in [1.807, 2.05) is 0 Å². The van der Waals surface area contributed by atoms with Crippen LogP contribution in [0.15, 0.2) is 29.5 Å². The van der Waals surface area contributed by atoms with Gasteiger partial charge in [-0.15, -0.1) is 0 Å². The van der Waals surface area contributed by atoms with Crippen molar-refractivity contribution in [1.82, 2.24) is 15.0 Å². The lowest BCUT2D eigenvalue weighted by Gasteiger charge is -1.88. The van der Waals surface area contributed by atoms with Crippen molar-refractivity contribution >= 4 is 0 Å². The minimum Gasteiger partial charge on any atom is -0.451 e. The van der Waals surface area contributed by atoms with Crippen molar-refractivity contribution in [1.29, 1.82) is 0 Å². The fraction of sp³-hybridized carbons (Fsp3) is 0. The van der Waals surface area contributed by atoms with Gasteiger partial charge in [0.1, 0.15) is 12.0 Å². The number of hydrogen-bond donors (Lipinski definition) is 0. The molecule has 0 saturated carbocycles. The summed E-state index contributed by atoms with van der Waals surface area (Å²) in [5.41, 5.74) is 1.57. The van der Waals surface area contributed by atoms with Crippen molar-refractivity contribution in [2.45, 2.75) is 0 Å². The maximum atomic E-state index is 4.79. The largest absolute Gasteiger partial charge is 0.451 e. The van der Waals surface area contributed by atoms with Crippen molar-refractivity contribution in [2.24, 2.45) is 0 Å². The average molecular weight is 146 g/mol. The van der Waals surface area contributed by atoms with E-state index in [1.165, 1.54) is 6.39 Å². The lowest BCUT2D eigenvalue weighted by atomic mass is 10.3. The van der Waals surface area contributed by atoms with Crippen molar-refractivity contribution in [3.05, 3.63) is 31.4 Å². The second-order valence-electron chi connectivity index (χ2n) is 1.95. The molecule has 0 spiro atoms. The second kappa shape index (κ2) is 2.49. The first-order valence-corrected chi connectivity index (χ1v) is 3.03. The zero-order chi connectivity index (χ0) is 7.52. The van der Waals surface area contributed by atoms with Crippen molar-refractivity contribution in [2.75, 3.05) is 0 Å². The van der Waals surface area contributed by atoms with Crippen molar-refractivity contribution < 1.29 is 4.42 Å². The van der Waals surface area contributed by atoms with Gasteiger partial charge >= 0.3 is 0 Å². The van der Waals surface area contributed by atoms with Gasteiger partial charge in [0.05, 0.1) is 0 Å². The van der Waals surface area contributed by atoms with Gasteiger partial charge in [-0.1, -0.05) is 0 Å². The van der Waals surface area contributed by atoms with E-state index in [9.17, 15) is 0 Å². The minimum absolute atomic E-state index is 0.735. The molecule has 0 N–H and O–H groups in total. The molecule has 0 aromatic carbocycles. The maximum absolute atomic E-state index is 4.79. The fourth-order valence-corrected chi connectivity index (χ4v) is 0.751. The van der Waals surface area contributed by atoms with E-state index >= 15 is 0 Å². The lowest BCUT2D eigenvalue weighted by Crippen LogP contribution is -1.81. The van der Waals surface area contributed by atoms with Crippen LogP contribution >= 0.6 is 0 Å². The summed E-state index contributed by atoms with van der Waals surface area (Å²) in [6.07, 6.45) is 8.60. The molecule has 0 atom stereocenters. The molecular weight excluding hydrogens is 142 g/mol. The Morgan fingerprint density at radius 3 is 2.73 bits per heavy atom. The summed E-state index contributed by atoms with van der Waals surface area (Å²) < 4.78 is 4.79. The zero-order valence-electron chi connectivity index (χ0n) is 5.56. The predicted octanol–water partition coefficient (Wildman–Crippen LogP) is 0.932. The zero-order valence-corrected chi connectivity index (χ0v) is 5.56. The minimum atomic E-state index is 0.735. The van der Waals surface area contributed by atoms with Gasteiger partial charge in [0.15, 0.2) is 12.7 Å². The van der Waals surface area contributed by atoms with E-state index in [-0.39, 0.29) is 0 Å². The number of oxazole rings is 1. The Morgan fingerprint density at radius 1 is 1.27 bits per heavy atom. The Balaban J connectivity index is 2.46. The molecule has 0 aliphatic heterocycles. The Hall–Kier alpha value is -1.71. The van der Waals surface area contributed by atoms with Crippen LogP contribution in [0.5, 0.6) is 0 Å². The van der Waals surface area contributed by atoms with Crippen LogP contribution in [0.4, 0.5) is 0 Å². The monoisotopic (exact) mass is 146 g/mol. The predicted molar refractivity (Wildman–Crippen MR) is 36.4 cm³/mol. The van der Waals surface area contributed by atoms with E-state index < -0.39 is 0 Å². The lowest BCUT2D eigenvalue weighted by molar-refractivity contribution is 0.558. The SMILES string of the molecule is [c]1ncc(-c2cocn2)cn1. The van der Waals surface area contributed by atoms with Crippen LogP contribution in [0.25, 0.3) is 11.3 Å². The van der Waals surface area contributed by atoms with Crippen molar-refractivity contribution in [3.8, 4) is 11.3 Å². The molecule has 4 nitrogen and oxygen atoms in total. The number of aromatic nitrogens is 3. The summed E-state index contributed by atoms with van der Waals surface area (Å²) in [5.74, 6) is 0. The Morgan fingerprint density at radius 2 is 2.09 bits per heavy atom.